The van der Waals surface area contributed by atoms with Crippen LogP contribution in [-0.4, -0.2) is 13.6 Å². The predicted molar refractivity (Wildman–Crippen MR) is 90.2 cm³/mol. The van der Waals surface area contributed by atoms with E-state index in [1.54, 1.807) is 0 Å². The Kier molecular flexibility index (Phi) is 5.21. The van der Waals surface area contributed by atoms with Crippen LogP contribution in [0.25, 0.3) is 0 Å². The first-order chi connectivity index (χ1) is 9.58. The molecule has 0 saturated heterocycles. The van der Waals surface area contributed by atoms with E-state index in [4.69, 9.17) is 5.73 Å². The van der Waals surface area contributed by atoms with Crippen molar-refractivity contribution in [3.05, 3.63) is 64.1 Å². The molecule has 2 N–H and O–H groups in total. The van der Waals surface area contributed by atoms with Gasteiger partial charge in [0.25, 0.3) is 0 Å². The molecular weight excluding hydrogens is 312 g/mol. The lowest BCUT2D eigenvalue weighted by atomic mass is 10.1. The quantitative estimate of drug-likeness (QED) is 0.891. The highest BCUT2D eigenvalue weighted by atomic mass is 79.9. The van der Waals surface area contributed by atoms with Crippen LogP contribution in [0.3, 0.4) is 0 Å². The number of anilines is 1. The average Bonchev–Trinajstić information content (AvgIpc) is 2.45. The second-order valence-electron chi connectivity index (χ2n) is 5.15. The molecule has 2 aromatic carbocycles. The number of halogens is 1. The maximum Gasteiger partial charge on any atom is 0.0375 e. The molecule has 2 nitrogen and oxygen atoms in total. The van der Waals surface area contributed by atoms with E-state index in [9.17, 15) is 0 Å². The van der Waals surface area contributed by atoms with E-state index >= 15 is 0 Å². The third kappa shape index (κ3) is 3.84. The van der Waals surface area contributed by atoms with Crippen LogP contribution in [0, 0.1) is 0 Å². The molecule has 106 valence electrons. The molecule has 1 atom stereocenters. The first kappa shape index (κ1) is 15.1. The van der Waals surface area contributed by atoms with Crippen LogP contribution in [0.4, 0.5) is 5.69 Å². The van der Waals surface area contributed by atoms with Crippen LogP contribution in [0.2, 0.25) is 0 Å². The molecule has 3 heteroatoms. The van der Waals surface area contributed by atoms with Crippen LogP contribution in [-0.2, 0) is 6.42 Å². The highest BCUT2D eigenvalue weighted by Crippen LogP contribution is 2.27. The molecule has 2 rings (SSSR count). The molecular formula is C17H21BrN2. The van der Waals surface area contributed by atoms with Gasteiger partial charge >= 0.3 is 0 Å². The van der Waals surface area contributed by atoms with Crippen molar-refractivity contribution in [2.24, 2.45) is 5.73 Å². The number of hydrogen-bond donors (Lipinski definition) is 1. The van der Waals surface area contributed by atoms with Crippen LogP contribution in [0.15, 0.2) is 53.0 Å². The Bertz CT molecular complexity index is 552. The Balaban J connectivity index is 2.02. The van der Waals surface area contributed by atoms with E-state index < -0.39 is 0 Å². The molecule has 0 radical (unpaired) electrons. The SMILES string of the molecule is C[C@@H](N)c1ccc(N(C)CCc2ccccc2)cc1Br. The molecule has 0 heterocycles. The van der Waals surface area contributed by atoms with Crippen LogP contribution in [0.1, 0.15) is 24.1 Å². The summed E-state index contributed by atoms with van der Waals surface area (Å²) >= 11 is 3.61. The maximum absolute atomic E-state index is 5.93. The summed E-state index contributed by atoms with van der Waals surface area (Å²) in [6.45, 7) is 2.99. The minimum absolute atomic E-state index is 0.0491. The summed E-state index contributed by atoms with van der Waals surface area (Å²) in [6, 6.07) is 17.0. The lowest BCUT2D eigenvalue weighted by Gasteiger charge is -2.21. The first-order valence-electron chi connectivity index (χ1n) is 6.88. The zero-order valence-corrected chi connectivity index (χ0v) is 13.6. The summed E-state index contributed by atoms with van der Waals surface area (Å²) in [5.41, 5.74) is 9.65. The zero-order valence-electron chi connectivity index (χ0n) is 12.0. The molecule has 20 heavy (non-hydrogen) atoms. The number of hydrogen-bond acceptors (Lipinski definition) is 2. The smallest absolute Gasteiger partial charge is 0.0375 e. The molecule has 2 aromatic rings. The van der Waals surface area contributed by atoms with Gasteiger partial charge in [-0.1, -0.05) is 52.3 Å². The molecule has 0 bridgehead atoms. The molecule has 0 unspecified atom stereocenters. The largest absolute Gasteiger partial charge is 0.374 e. The molecule has 0 aliphatic rings. The predicted octanol–water partition coefficient (Wildman–Crippen LogP) is 4.15. The van der Waals surface area contributed by atoms with Crippen molar-refractivity contribution in [3.63, 3.8) is 0 Å². The summed E-state index contributed by atoms with van der Waals surface area (Å²) < 4.78 is 1.08. The lowest BCUT2D eigenvalue weighted by molar-refractivity contribution is 0.811. The van der Waals surface area contributed by atoms with E-state index in [1.807, 2.05) is 6.92 Å². The average molecular weight is 333 g/mol. The number of benzene rings is 2. The fraction of sp³-hybridized carbons (Fsp3) is 0.294. The lowest BCUT2D eigenvalue weighted by Crippen LogP contribution is -2.20. The summed E-state index contributed by atoms with van der Waals surface area (Å²) in [7, 11) is 2.12. The van der Waals surface area contributed by atoms with Gasteiger partial charge in [0.2, 0.25) is 0 Å². The summed E-state index contributed by atoms with van der Waals surface area (Å²) in [5, 5.41) is 0. The summed E-state index contributed by atoms with van der Waals surface area (Å²) in [6.07, 6.45) is 1.05. The second kappa shape index (κ2) is 6.91. The van der Waals surface area contributed by atoms with Crippen molar-refractivity contribution in [2.45, 2.75) is 19.4 Å². The molecule has 0 saturated carbocycles. The summed E-state index contributed by atoms with van der Waals surface area (Å²) in [5.74, 6) is 0. The highest BCUT2D eigenvalue weighted by molar-refractivity contribution is 9.10. The fourth-order valence-electron chi connectivity index (χ4n) is 2.19. The normalized spacial score (nSPS) is 12.2. The zero-order chi connectivity index (χ0) is 14.5. The van der Waals surface area contributed by atoms with Crippen LogP contribution >= 0.6 is 15.9 Å². The number of nitrogens with two attached hydrogens (primary N) is 1. The van der Waals surface area contributed by atoms with Gasteiger partial charge in [0, 0.05) is 29.8 Å². The number of likely N-dealkylation sites (N-methyl/N-ethyl adjacent to an activating group) is 1. The van der Waals surface area contributed by atoms with Gasteiger partial charge in [-0.2, -0.15) is 0 Å². The Morgan fingerprint density at radius 3 is 2.45 bits per heavy atom. The molecule has 0 spiro atoms. The molecule has 0 fully saturated rings. The van der Waals surface area contributed by atoms with Gasteiger partial charge < -0.3 is 10.6 Å². The van der Waals surface area contributed by atoms with E-state index in [2.05, 4.69) is 76.4 Å². The Morgan fingerprint density at radius 2 is 1.85 bits per heavy atom. The third-order valence-electron chi connectivity index (χ3n) is 3.49. The monoisotopic (exact) mass is 332 g/mol. The van der Waals surface area contributed by atoms with Crippen molar-refractivity contribution in [3.8, 4) is 0 Å². The van der Waals surface area contributed by atoms with Crippen molar-refractivity contribution in [2.75, 3.05) is 18.5 Å². The van der Waals surface area contributed by atoms with Crippen molar-refractivity contribution < 1.29 is 0 Å². The van der Waals surface area contributed by atoms with Gasteiger partial charge in [-0.25, -0.2) is 0 Å². The Labute approximate surface area is 129 Å². The minimum Gasteiger partial charge on any atom is -0.374 e. The van der Waals surface area contributed by atoms with Crippen molar-refractivity contribution in [1.82, 2.24) is 0 Å². The van der Waals surface area contributed by atoms with Crippen LogP contribution in [0.5, 0.6) is 0 Å². The molecule has 0 aliphatic heterocycles. The van der Waals surface area contributed by atoms with E-state index in [0.29, 0.717) is 0 Å². The van der Waals surface area contributed by atoms with Crippen molar-refractivity contribution in [1.29, 1.82) is 0 Å². The van der Waals surface area contributed by atoms with E-state index in [1.165, 1.54) is 11.3 Å². The van der Waals surface area contributed by atoms with Crippen molar-refractivity contribution >= 4 is 21.6 Å². The maximum atomic E-state index is 5.93. The Hall–Kier alpha value is -1.32. The van der Waals surface area contributed by atoms with Gasteiger partial charge in [-0.3, -0.25) is 0 Å². The minimum atomic E-state index is 0.0491. The third-order valence-corrected chi connectivity index (χ3v) is 4.18. The molecule has 0 amide bonds. The van der Waals surface area contributed by atoms with E-state index in [0.717, 1.165) is 23.0 Å². The number of rotatable bonds is 5. The standard InChI is InChI=1S/C17H21BrN2/c1-13(19)16-9-8-15(12-17(16)18)20(2)11-10-14-6-4-3-5-7-14/h3-9,12-13H,10-11,19H2,1-2H3/t13-/m1/s1. The topological polar surface area (TPSA) is 29.3 Å². The van der Waals surface area contributed by atoms with Gasteiger partial charge in [0.1, 0.15) is 0 Å². The second-order valence-corrected chi connectivity index (χ2v) is 6.01. The Morgan fingerprint density at radius 1 is 1.15 bits per heavy atom. The van der Waals surface area contributed by atoms with Gasteiger partial charge in [0.05, 0.1) is 0 Å². The van der Waals surface area contributed by atoms with Gasteiger partial charge in [-0.05, 0) is 36.6 Å². The van der Waals surface area contributed by atoms with Crippen LogP contribution < -0.4 is 10.6 Å². The first-order valence-corrected chi connectivity index (χ1v) is 7.67. The highest BCUT2D eigenvalue weighted by Gasteiger charge is 2.08. The molecule has 0 aromatic heterocycles. The molecule has 0 aliphatic carbocycles. The van der Waals surface area contributed by atoms with Gasteiger partial charge in [-0.15, -0.1) is 0 Å². The summed E-state index contributed by atoms with van der Waals surface area (Å²) in [4.78, 5) is 2.27. The van der Waals surface area contributed by atoms with E-state index in [-0.39, 0.29) is 6.04 Å². The number of nitrogens with zero attached hydrogens (tertiary/aromatic N) is 1. The van der Waals surface area contributed by atoms with Gasteiger partial charge in [0.15, 0.2) is 0 Å². The fourth-order valence-corrected chi connectivity index (χ4v) is 2.92.